The third kappa shape index (κ3) is 7.27. The van der Waals surface area contributed by atoms with E-state index >= 15 is 0 Å². The van der Waals surface area contributed by atoms with Gasteiger partial charge in [-0.2, -0.15) is 4.98 Å². The van der Waals surface area contributed by atoms with Crippen molar-refractivity contribution in [2.45, 2.75) is 12.1 Å². The zero-order valence-corrected chi connectivity index (χ0v) is 24.5. The Morgan fingerprint density at radius 1 is 0.762 bits per heavy atom. The van der Waals surface area contributed by atoms with Gasteiger partial charge in [0, 0.05) is 31.3 Å². The average Bonchev–Trinajstić information content (AvgIpc) is 3.01. The number of ether oxygens (including phenoxy) is 2. The Morgan fingerprint density at radius 2 is 1.38 bits per heavy atom. The molecule has 0 aromatic carbocycles. The second-order valence-electron chi connectivity index (χ2n) is 9.70. The Hall–Kier alpha value is -3.95. The van der Waals surface area contributed by atoms with Gasteiger partial charge >= 0.3 is 0 Å². The fourth-order valence-corrected chi connectivity index (χ4v) is 4.97. The lowest BCUT2D eigenvalue weighted by atomic mass is 10.2. The van der Waals surface area contributed by atoms with Crippen LogP contribution in [0, 0.1) is 12.1 Å². The molecule has 2 aliphatic rings. The van der Waals surface area contributed by atoms with E-state index in [-0.39, 0.29) is 0 Å². The Balaban J connectivity index is 0.000000168. The van der Waals surface area contributed by atoms with Crippen molar-refractivity contribution >= 4 is 35.0 Å². The molecule has 0 amide bonds. The number of aromatic nitrogens is 6. The van der Waals surface area contributed by atoms with Crippen molar-refractivity contribution in [2.24, 2.45) is 0 Å². The van der Waals surface area contributed by atoms with Crippen LogP contribution in [0.15, 0.2) is 53.7 Å². The summed E-state index contributed by atoms with van der Waals surface area (Å²) in [5.74, 6) is 2.85. The molecule has 2 aliphatic heterocycles. The number of nitrogens with two attached hydrogens (primary N) is 2. The van der Waals surface area contributed by atoms with Crippen molar-refractivity contribution in [1.29, 1.82) is 0 Å². The number of anilines is 3. The Morgan fingerprint density at radius 3 is 2.07 bits per heavy atom. The third-order valence-electron chi connectivity index (χ3n) is 6.71. The first-order valence-electron chi connectivity index (χ1n) is 13.6. The summed E-state index contributed by atoms with van der Waals surface area (Å²) in [7, 11) is 0. The summed E-state index contributed by atoms with van der Waals surface area (Å²) >= 11 is 1.47. The zero-order chi connectivity index (χ0) is 29.5. The number of thioether (sulfide) groups is 1. The Kier molecular flexibility index (Phi) is 9.39. The maximum Gasteiger partial charge on any atom is 0.228 e. The van der Waals surface area contributed by atoms with Gasteiger partial charge in [0.2, 0.25) is 5.82 Å². The highest BCUT2D eigenvalue weighted by Crippen LogP contribution is 2.26. The van der Waals surface area contributed by atoms with Gasteiger partial charge in [-0.05, 0) is 31.4 Å². The van der Waals surface area contributed by atoms with Crippen LogP contribution >= 0.6 is 11.8 Å². The molecular formula is C28H34N10O3S. The summed E-state index contributed by atoms with van der Waals surface area (Å²) in [6.07, 6.45) is 1.93. The van der Waals surface area contributed by atoms with Crippen molar-refractivity contribution in [1.82, 2.24) is 34.6 Å². The number of morpholine rings is 2. The number of hydrogen-bond acceptors (Lipinski definition) is 13. The van der Waals surface area contributed by atoms with Crippen LogP contribution in [0.1, 0.15) is 5.82 Å². The van der Waals surface area contributed by atoms with Gasteiger partial charge in [-0.15, -0.1) is 0 Å². The monoisotopic (exact) mass is 590 g/mol. The molecule has 0 atom stereocenters. The van der Waals surface area contributed by atoms with Crippen LogP contribution in [-0.2, 0) is 9.47 Å². The van der Waals surface area contributed by atoms with Crippen LogP contribution in [0.2, 0.25) is 0 Å². The number of rotatable bonds is 5. The van der Waals surface area contributed by atoms with E-state index in [9.17, 15) is 5.21 Å². The van der Waals surface area contributed by atoms with Crippen molar-refractivity contribution in [3.63, 3.8) is 0 Å². The quantitative estimate of drug-likeness (QED) is 0.150. The lowest BCUT2D eigenvalue weighted by molar-refractivity contribution is 0.0602. The molecule has 14 heteroatoms. The van der Waals surface area contributed by atoms with Crippen molar-refractivity contribution in [3.05, 3.63) is 59.6 Å². The average molecular weight is 591 g/mol. The number of pyridine rings is 2. The summed E-state index contributed by atoms with van der Waals surface area (Å²) < 4.78 is 10.2. The SMILES string of the molecule is CSc1nc(N)cc(-c2cccc(N3CCOCC3)n2)n1.Cc1nc(N)cc(-c2cccc([N+]3([O-])CCOCC3)n2)n1. The number of hydrogen-bond donors (Lipinski definition) is 2. The molecule has 0 radical (unpaired) electrons. The highest BCUT2D eigenvalue weighted by molar-refractivity contribution is 7.98. The summed E-state index contributed by atoms with van der Waals surface area (Å²) in [4.78, 5) is 28.4. The molecule has 6 rings (SSSR count). The van der Waals surface area contributed by atoms with Crippen LogP contribution in [0.4, 0.5) is 23.3 Å². The van der Waals surface area contributed by atoms with Gasteiger partial charge in [-0.25, -0.2) is 24.9 Å². The molecule has 0 unspecified atom stereocenters. The molecule has 6 heterocycles. The molecule has 4 aromatic heterocycles. The van der Waals surface area contributed by atoms with Crippen LogP contribution in [0.5, 0.6) is 0 Å². The van der Waals surface area contributed by atoms with E-state index in [0.717, 1.165) is 43.5 Å². The normalized spacial score (nSPS) is 16.4. The molecule has 0 saturated carbocycles. The van der Waals surface area contributed by atoms with Crippen molar-refractivity contribution < 1.29 is 9.47 Å². The lowest BCUT2D eigenvalue weighted by Crippen LogP contribution is -2.52. The molecule has 220 valence electrons. The Labute approximate surface area is 248 Å². The van der Waals surface area contributed by atoms with Crippen LogP contribution in [0.25, 0.3) is 22.8 Å². The topological polar surface area (TPSA) is 174 Å². The van der Waals surface area contributed by atoms with Crippen molar-refractivity contribution in [2.75, 3.05) is 75.2 Å². The second kappa shape index (κ2) is 13.4. The van der Waals surface area contributed by atoms with Crippen LogP contribution in [0.3, 0.4) is 0 Å². The van der Waals surface area contributed by atoms with Crippen LogP contribution < -0.4 is 21.0 Å². The number of aryl methyl sites for hydroxylation is 1. The number of quaternary nitrogens is 1. The van der Waals surface area contributed by atoms with E-state index in [1.165, 1.54) is 11.8 Å². The predicted octanol–water partition coefficient (Wildman–Crippen LogP) is 2.94. The minimum Gasteiger partial charge on any atom is -0.626 e. The smallest absolute Gasteiger partial charge is 0.228 e. The highest BCUT2D eigenvalue weighted by Gasteiger charge is 2.26. The van der Waals surface area contributed by atoms with E-state index in [2.05, 4.69) is 29.8 Å². The largest absolute Gasteiger partial charge is 0.626 e. The maximum absolute atomic E-state index is 12.8. The van der Waals surface area contributed by atoms with Gasteiger partial charge in [-0.1, -0.05) is 23.9 Å². The molecule has 0 spiro atoms. The summed E-state index contributed by atoms with van der Waals surface area (Å²) in [5, 5.41) is 13.4. The molecule has 13 nitrogen and oxygen atoms in total. The number of nitrogen functional groups attached to an aromatic ring is 2. The van der Waals surface area contributed by atoms with E-state index < -0.39 is 4.65 Å². The molecule has 4 N–H and O–H groups in total. The van der Waals surface area contributed by atoms with Gasteiger partial charge in [-0.3, -0.25) is 0 Å². The standard InChI is InChI=1S/C14H17N5O2.C14H17N5OS/c1-10-16-12(9-13(15)17-10)11-3-2-4-14(18-11)19(20)5-7-21-8-6-19;1-21-14-17-11(9-12(15)18-14)10-3-2-4-13(16-10)19-5-7-20-8-6-19/h2-4,9H,5-8H2,1H3,(H2,15,16,17);2-4,9H,5-8H2,1H3,(H2,15,17,18). The first kappa shape index (κ1) is 29.5. The van der Waals surface area contributed by atoms with Crippen molar-refractivity contribution in [3.8, 4) is 22.8 Å². The van der Waals surface area contributed by atoms with Gasteiger partial charge in [0.05, 0.1) is 49.2 Å². The van der Waals surface area contributed by atoms with E-state index in [1.54, 1.807) is 25.1 Å². The summed E-state index contributed by atoms with van der Waals surface area (Å²) in [5.41, 5.74) is 14.4. The molecule has 4 aromatic rings. The first-order valence-corrected chi connectivity index (χ1v) is 14.8. The predicted molar refractivity (Wildman–Crippen MR) is 165 cm³/mol. The molecule has 2 fully saturated rings. The Bertz CT molecular complexity index is 1490. The maximum atomic E-state index is 12.8. The third-order valence-corrected chi connectivity index (χ3v) is 7.25. The first-order chi connectivity index (χ1) is 20.3. The van der Waals surface area contributed by atoms with E-state index in [1.807, 2.05) is 36.6 Å². The fourth-order valence-electron chi connectivity index (χ4n) is 4.58. The number of nitrogens with zero attached hydrogens (tertiary/aromatic N) is 8. The minimum absolute atomic E-state index is 0.376. The fraction of sp³-hybridized carbons (Fsp3) is 0.357. The highest BCUT2D eigenvalue weighted by atomic mass is 32.2. The van der Waals surface area contributed by atoms with Crippen LogP contribution in [-0.4, -0.2) is 88.8 Å². The molecule has 42 heavy (non-hydrogen) atoms. The summed E-state index contributed by atoms with van der Waals surface area (Å²) in [6, 6.07) is 14.7. The van der Waals surface area contributed by atoms with Gasteiger partial charge < -0.3 is 35.7 Å². The number of hydroxylamine groups is 2. The molecular weight excluding hydrogens is 556 g/mol. The minimum atomic E-state index is -0.465. The van der Waals surface area contributed by atoms with E-state index in [0.29, 0.717) is 66.1 Å². The van der Waals surface area contributed by atoms with Gasteiger partial charge in [0.25, 0.3) is 0 Å². The second-order valence-corrected chi connectivity index (χ2v) is 10.5. The van der Waals surface area contributed by atoms with Gasteiger partial charge in [0.15, 0.2) is 5.16 Å². The lowest BCUT2D eigenvalue weighted by Gasteiger charge is -2.43. The molecule has 0 aliphatic carbocycles. The van der Waals surface area contributed by atoms with E-state index in [4.69, 9.17) is 25.9 Å². The molecule has 0 bridgehead atoms. The zero-order valence-electron chi connectivity index (χ0n) is 23.6. The molecule has 2 saturated heterocycles. The van der Waals surface area contributed by atoms with Gasteiger partial charge in [0.1, 0.15) is 36.4 Å². The summed E-state index contributed by atoms with van der Waals surface area (Å²) in [6.45, 7) is 6.63.